The fourth-order valence-corrected chi connectivity index (χ4v) is 5.39. The van der Waals surface area contributed by atoms with Gasteiger partial charge in [-0.05, 0) is 48.9 Å². The molecule has 3 amide bonds. The summed E-state index contributed by atoms with van der Waals surface area (Å²) in [5.41, 5.74) is 0.447. The number of nitrogens with zero attached hydrogens (tertiary/aromatic N) is 1. The van der Waals surface area contributed by atoms with Gasteiger partial charge in [-0.15, -0.1) is 0 Å². The summed E-state index contributed by atoms with van der Waals surface area (Å²) in [5, 5.41) is 4.88. The van der Waals surface area contributed by atoms with Gasteiger partial charge in [-0.2, -0.15) is 4.31 Å². The van der Waals surface area contributed by atoms with E-state index < -0.39 is 21.6 Å². The third-order valence-corrected chi connectivity index (χ3v) is 7.40. The number of hydrogen-bond donors (Lipinski definition) is 2. The number of methoxy groups -OCH3 is 1. The molecule has 0 bridgehead atoms. The van der Waals surface area contributed by atoms with Crippen molar-refractivity contribution < 1.29 is 22.7 Å². The smallest absolute Gasteiger partial charge is 0.322 e. The number of urea groups is 1. The van der Waals surface area contributed by atoms with E-state index >= 15 is 0 Å². The molecule has 3 rings (SSSR count). The lowest BCUT2D eigenvalue weighted by atomic mass is 9.89. The van der Waals surface area contributed by atoms with Crippen LogP contribution in [-0.2, 0) is 14.8 Å². The van der Waals surface area contributed by atoms with Crippen molar-refractivity contribution >= 4 is 22.0 Å². The van der Waals surface area contributed by atoms with Crippen LogP contribution < -0.4 is 15.4 Å². The van der Waals surface area contributed by atoms with Crippen LogP contribution in [0, 0.1) is 6.92 Å². The number of carbonyl (C=O) groups is 2. The van der Waals surface area contributed by atoms with Crippen LogP contribution in [-0.4, -0.2) is 50.4 Å². The maximum Gasteiger partial charge on any atom is 0.322 e. The van der Waals surface area contributed by atoms with E-state index in [2.05, 4.69) is 10.6 Å². The Hall–Kier alpha value is -2.13. The molecule has 1 spiro atoms. The molecule has 9 heteroatoms. The van der Waals surface area contributed by atoms with Gasteiger partial charge >= 0.3 is 6.03 Å². The largest absolute Gasteiger partial charge is 0.496 e. The third-order valence-electron chi connectivity index (χ3n) is 5.36. The molecule has 1 aromatic rings. The van der Waals surface area contributed by atoms with Crippen LogP contribution in [0.2, 0.25) is 0 Å². The van der Waals surface area contributed by atoms with Gasteiger partial charge in [-0.1, -0.05) is 13.8 Å². The second-order valence-electron chi connectivity index (χ2n) is 7.41. The van der Waals surface area contributed by atoms with Gasteiger partial charge < -0.3 is 10.1 Å². The van der Waals surface area contributed by atoms with Gasteiger partial charge in [0, 0.05) is 13.1 Å². The van der Waals surface area contributed by atoms with Crippen molar-refractivity contribution in [2.24, 2.45) is 0 Å². The summed E-state index contributed by atoms with van der Waals surface area (Å²) in [7, 11) is -2.15. The summed E-state index contributed by atoms with van der Waals surface area (Å²) in [4.78, 5) is 23.8. The molecule has 0 saturated carbocycles. The molecule has 0 aliphatic carbocycles. The number of rotatable bonds is 4. The molecule has 2 N–H and O–H groups in total. The number of sulfonamides is 1. The quantitative estimate of drug-likeness (QED) is 0.752. The number of imide groups is 1. The van der Waals surface area contributed by atoms with Gasteiger partial charge in [0.1, 0.15) is 11.3 Å². The highest BCUT2D eigenvalue weighted by atomic mass is 32.2. The normalized spacial score (nSPS) is 20.0. The number of hydrogen-bond acceptors (Lipinski definition) is 5. The van der Waals surface area contributed by atoms with E-state index in [0.29, 0.717) is 11.3 Å². The van der Waals surface area contributed by atoms with E-state index in [-0.39, 0.29) is 42.7 Å². The van der Waals surface area contributed by atoms with Crippen molar-refractivity contribution in [1.82, 2.24) is 14.9 Å². The lowest BCUT2D eigenvalue weighted by Crippen LogP contribution is -2.55. The third kappa shape index (κ3) is 3.29. The fraction of sp³-hybridized carbons (Fsp3) is 0.556. The maximum atomic E-state index is 13.2. The molecular weight excluding hydrogens is 370 g/mol. The molecular formula is C18H25N3O5S. The molecule has 0 aromatic heterocycles. The second kappa shape index (κ2) is 6.79. The minimum atomic E-state index is -3.72. The first kappa shape index (κ1) is 19.6. The predicted molar refractivity (Wildman–Crippen MR) is 99.2 cm³/mol. The lowest BCUT2D eigenvalue weighted by Gasteiger charge is -2.36. The summed E-state index contributed by atoms with van der Waals surface area (Å²) < 4.78 is 33.2. The van der Waals surface area contributed by atoms with Gasteiger partial charge in [0.25, 0.3) is 5.91 Å². The van der Waals surface area contributed by atoms with Gasteiger partial charge in [-0.25, -0.2) is 13.2 Å². The van der Waals surface area contributed by atoms with Crippen molar-refractivity contribution in [2.45, 2.75) is 50.0 Å². The van der Waals surface area contributed by atoms with Crippen molar-refractivity contribution in [3.63, 3.8) is 0 Å². The standard InChI is InChI=1S/C18H25N3O5S/c1-11(2)13-10-15(12(3)9-14(13)26-4)27(24,25)21-7-5-18(6-8-21)16(22)19-17(23)20-18/h9-11H,5-8H2,1-4H3,(H2,19,20,22,23). The van der Waals surface area contributed by atoms with E-state index in [4.69, 9.17) is 4.74 Å². The zero-order valence-electron chi connectivity index (χ0n) is 16.0. The first-order valence-electron chi connectivity index (χ1n) is 8.93. The highest BCUT2D eigenvalue weighted by Crippen LogP contribution is 2.34. The van der Waals surface area contributed by atoms with Gasteiger partial charge in [0.05, 0.1) is 12.0 Å². The highest BCUT2D eigenvalue weighted by Gasteiger charge is 2.49. The SMILES string of the molecule is COc1cc(C)c(S(=O)(=O)N2CCC3(CC2)NC(=O)NC3=O)cc1C(C)C. The number of nitrogens with one attached hydrogen (secondary N) is 2. The topological polar surface area (TPSA) is 105 Å². The van der Waals surface area contributed by atoms with Crippen LogP contribution in [0.3, 0.4) is 0 Å². The second-order valence-corrected chi connectivity index (χ2v) is 9.32. The molecule has 0 unspecified atom stereocenters. The summed E-state index contributed by atoms with van der Waals surface area (Å²) in [6.07, 6.45) is 0.492. The molecule has 0 radical (unpaired) electrons. The molecule has 1 aromatic carbocycles. The molecule has 2 aliphatic heterocycles. The van der Waals surface area contributed by atoms with Crippen LogP contribution in [0.4, 0.5) is 4.79 Å². The van der Waals surface area contributed by atoms with Crippen LogP contribution in [0.5, 0.6) is 5.75 Å². The lowest BCUT2D eigenvalue weighted by molar-refractivity contribution is -0.125. The molecule has 0 atom stereocenters. The van der Waals surface area contributed by atoms with Crippen LogP contribution in [0.25, 0.3) is 0 Å². The van der Waals surface area contributed by atoms with Gasteiger partial charge in [0.15, 0.2) is 0 Å². The zero-order valence-corrected chi connectivity index (χ0v) is 16.8. The Bertz CT molecular complexity index is 887. The molecule has 2 aliphatic rings. The van der Waals surface area contributed by atoms with Crippen LogP contribution in [0.1, 0.15) is 43.7 Å². The average Bonchev–Trinajstić information content (AvgIpc) is 2.87. The number of ether oxygens (including phenoxy) is 1. The number of amides is 3. The minimum absolute atomic E-state index is 0.108. The van der Waals surface area contributed by atoms with Crippen molar-refractivity contribution in [3.05, 3.63) is 23.3 Å². The molecule has 148 valence electrons. The Kier molecular flexibility index (Phi) is 4.94. The summed E-state index contributed by atoms with van der Waals surface area (Å²) in [5.74, 6) is 0.396. The van der Waals surface area contributed by atoms with Crippen molar-refractivity contribution in [2.75, 3.05) is 20.2 Å². The Labute approximate surface area is 159 Å². The van der Waals surface area contributed by atoms with E-state index in [1.165, 1.54) is 4.31 Å². The Morgan fingerprint density at radius 3 is 2.30 bits per heavy atom. The van der Waals surface area contributed by atoms with Crippen molar-refractivity contribution in [3.8, 4) is 5.75 Å². The van der Waals surface area contributed by atoms with Gasteiger partial charge in [0.2, 0.25) is 10.0 Å². The first-order valence-corrected chi connectivity index (χ1v) is 10.4. The first-order chi connectivity index (χ1) is 12.6. The van der Waals surface area contributed by atoms with E-state index in [1.807, 2.05) is 13.8 Å². The van der Waals surface area contributed by atoms with Gasteiger partial charge in [-0.3, -0.25) is 10.1 Å². The maximum absolute atomic E-state index is 13.2. The number of carbonyl (C=O) groups excluding carboxylic acids is 2. The Morgan fingerprint density at radius 1 is 1.19 bits per heavy atom. The number of piperidine rings is 1. The van der Waals surface area contributed by atoms with E-state index in [1.54, 1.807) is 26.2 Å². The molecule has 2 heterocycles. The zero-order chi connectivity index (χ0) is 20.0. The molecule has 2 saturated heterocycles. The van der Waals surface area contributed by atoms with Crippen LogP contribution in [0.15, 0.2) is 17.0 Å². The number of benzene rings is 1. The number of aryl methyl sites for hydroxylation is 1. The Balaban J connectivity index is 1.89. The summed E-state index contributed by atoms with van der Waals surface area (Å²) in [6.45, 7) is 6.04. The monoisotopic (exact) mass is 395 g/mol. The Morgan fingerprint density at radius 2 is 1.81 bits per heavy atom. The predicted octanol–water partition coefficient (Wildman–Crippen LogP) is 1.49. The summed E-state index contributed by atoms with van der Waals surface area (Å²) >= 11 is 0. The molecule has 27 heavy (non-hydrogen) atoms. The molecule has 8 nitrogen and oxygen atoms in total. The van der Waals surface area contributed by atoms with E-state index in [0.717, 1.165) is 5.56 Å². The highest BCUT2D eigenvalue weighted by molar-refractivity contribution is 7.89. The fourth-order valence-electron chi connectivity index (χ4n) is 3.71. The minimum Gasteiger partial charge on any atom is -0.496 e. The van der Waals surface area contributed by atoms with E-state index in [9.17, 15) is 18.0 Å². The average molecular weight is 395 g/mol. The van der Waals surface area contributed by atoms with Crippen LogP contribution >= 0.6 is 0 Å². The van der Waals surface area contributed by atoms with Crippen molar-refractivity contribution in [1.29, 1.82) is 0 Å². The molecule has 2 fully saturated rings. The summed E-state index contributed by atoms with van der Waals surface area (Å²) in [6, 6.07) is 2.91.